The van der Waals surface area contributed by atoms with E-state index in [4.69, 9.17) is 4.74 Å². The third kappa shape index (κ3) is 3.10. The first-order valence-electron chi connectivity index (χ1n) is 7.09. The zero-order chi connectivity index (χ0) is 14.0. The fourth-order valence-electron chi connectivity index (χ4n) is 2.25. The Morgan fingerprint density at radius 3 is 2.63 bits per heavy atom. The van der Waals surface area contributed by atoms with Crippen LogP contribution in [0.15, 0.2) is 24.3 Å². The van der Waals surface area contributed by atoms with Crippen molar-refractivity contribution in [3.8, 4) is 5.75 Å². The van der Waals surface area contributed by atoms with E-state index < -0.39 is 6.10 Å². The summed E-state index contributed by atoms with van der Waals surface area (Å²) in [4.78, 5) is 2.09. The van der Waals surface area contributed by atoms with Gasteiger partial charge in [-0.15, -0.1) is 0 Å². The van der Waals surface area contributed by atoms with Crippen LogP contribution in [0.3, 0.4) is 0 Å². The zero-order valence-electron chi connectivity index (χ0n) is 12.4. The minimum Gasteiger partial charge on any atom is -0.490 e. The number of aliphatic hydroxyl groups excluding tert-OH is 1. The smallest absolute Gasteiger partial charge is 0.120 e. The molecule has 1 aromatic carbocycles. The van der Waals surface area contributed by atoms with Crippen LogP contribution >= 0.6 is 0 Å². The minimum absolute atomic E-state index is 0.266. The third-order valence-electron chi connectivity index (χ3n) is 4.33. The summed E-state index contributed by atoms with van der Waals surface area (Å²) >= 11 is 0. The van der Waals surface area contributed by atoms with Gasteiger partial charge in [0.1, 0.15) is 5.75 Å². The molecule has 2 atom stereocenters. The van der Waals surface area contributed by atoms with Crippen molar-refractivity contribution in [2.45, 2.75) is 50.9 Å². The number of ether oxygens (including phenoxy) is 1. The van der Waals surface area contributed by atoms with E-state index in [0.717, 1.165) is 30.6 Å². The number of likely N-dealkylation sites (N-methyl/N-ethyl adjacent to an activating group) is 1. The molecule has 1 aliphatic rings. The molecule has 1 N–H and O–H groups in total. The van der Waals surface area contributed by atoms with Crippen LogP contribution in [0.1, 0.15) is 44.8 Å². The molecular weight excluding hydrogens is 238 g/mol. The largest absolute Gasteiger partial charge is 0.490 e. The maximum Gasteiger partial charge on any atom is 0.120 e. The molecule has 0 amide bonds. The molecule has 0 bridgehead atoms. The molecule has 1 fully saturated rings. The van der Waals surface area contributed by atoms with Crippen LogP contribution in [-0.2, 0) is 0 Å². The van der Waals surface area contributed by atoms with E-state index in [9.17, 15) is 5.11 Å². The first-order chi connectivity index (χ1) is 8.97. The number of aliphatic hydroxyl groups is 1. The Morgan fingerprint density at radius 1 is 1.42 bits per heavy atom. The van der Waals surface area contributed by atoms with Gasteiger partial charge in [-0.05, 0) is 58.0 Å². The van der Waals surface area contributed by atoms with Crippen molar-refractivity contribution in [3.63, 3.8) is 0 Å². The van der Waals surface area contributed by atoms with Crippen LogP contribution in [0.4, 0.5) is 0 Å². The van der Waals surface area contributed by atoms with E-state index >= 15 is 0 Å². The van der Waals surface area contributed by atoms with Crippen LogP contribution in [0, 0.1) is 0 Å². The fourth-order valence-corrected chi connectivity index (χ4v) is 2.25. The van der Waals surface area contributed by atoms with E-state index in [-0.39, 0.29) is 5.54 Å². The van der Waals surface area contributed by atoms with Crippen molar-refractivity contribution in [1.82, 2.24) is 4.90 Å². The lowest BCUT2D eigenvalue weighted by atomic mass is 9.86. The Balaban J connectivity index is 2.19. The second-order valence-corrected chi connectivity index (χ2v) is 5.90. The van der Waals surface area contributed by atoms with Gasteiger partial charge in [0, 0.05) is 5.54 Å². The van der Waals surface area contributed by atoms with Gasteiger partial charge in [-0.2, -0.15) is 0 Å². The average Bonchev–Trinajstić information content (AvgIpc) is 3.21. The molecule has 2 rings (SSSR count). The fraction of sp³-hybridized carbons (Fsp3) is 0.625. The molecule has 2 unspecified atom stereocenters. The molecule has 3 heteroatoms. The maximum absolute atomic E-state index is 10.7. The van der Waals surface area contributed by atoms with Crippen molar-refractivity contribution in [2.75, 3.05) is 14.1 Å². The lowest BCUT2D eigenvalue weighted by molar-refractivity contribution is 0.000731. The maximum atomic E-state index is 10.7. The van der Waals surface area contributed by atoms with Crippen molar-refractivity contribution in [2.24, 2.45) is 0 Å². The van der Waals surface area contributed by atoms with Gasteiger partial charge in [-0.1, -0.05) is 19.1 Å². The summed E-state index contributed by atoms with van der Waals surface area (Å²) in [6.07, 6.45) is 3.05. The highest BCUT2D eigenvalue weighted by atomic mass is 16.5. The lowest BCUT2D eigenvalue weighted by Gasteiger charge is -2.40. The van der Waals surface area contributed by atoms with E-state index in [2.05, 4.69) is 18.7 Å². The molecule has 3 nitrogen and oxygen atoms in total. The average molecular weight is 263 g/mol. The highest BCUT2D eigenvalue weighted by Crippen LogP contribution is 2.35. The molecule has 0 aliphatic heterocycles. The summed E-state index contributed by atoms with van der Waals surface area (Å²) in [5, 5.41) is 10.7. The molecular formula is C16H25NO2. The SMILES string of the molecule is CCC(C)(C(O)c1cccc(OC2CC2)c1)N(C)C. The quantitative estimate of drug-likeness (QED) is 0.856. The predicted molar refractivity (Wildman–Crippen MR) is 77.4 cm³/mol. The molecule has 0 radical (unpaired) electrons. The molecule has 0 aromatic heterocycles. The van der Waals surface area contributed by atoms with Crippen LogP contribution in [0.25, 0.3) is 0 Å². The summed E-state index contributed by atoms with van der Waals surface area (Å²) in [5.41, 5.74) is 0.661. The lowest BCUT2D eigenvalue weighted by Crippen LogP contribution is -2.46. The normalized spacial score (nSPS) is 20.1. The van der Waals surface area contributed by atoms with Gasteiger partial charge in [0.2, 0.25) is 0 Å². The van der Waals surface area contributed by atoms with Gasteiger partial charge in [0.05, 0.1) is 12.2 Å². The number of hydrogen-bond acceptors (Lipinski definition) is 3. The van der Waals surface area contributed by atoms with Crippen LogP contribution in [0.2, 0.25) is 0 Å². The predicted octanol–water partition coefficient (Wildman–Crippen LogP) is 2.99. The Labute approximate surface area is 116 Å². The van der Waals surface area contributed by atoms with E-state index in [0.29, 0.717) is 6.10 Å². The van der Waals surface area contributed by atoms with Gasteiger partial charge < -0.3 is 14.7 Å². The highest BCUT2D eigenvalue weighted by Gasteiger charge is 2.34. The summed E-state index contributed by atoms with van der Waals surface area (Å²) in [6, 6.07) is 7.87. The molecule has 1 aromatic rings. The van der Waals surface area contributed by atoms with Gasteiger partial charge in [-0.25, -0.2) is 0 Å². The monoisotopic (exact) mass is 263 g/mol. The Hall–Kier alpha value is -1.06. The van der Waals surface area contributed by atoms with Crippen molar-refractivity contribution >= 4 is 0 Å². The van der Waals surface area contributed by atoms with Crippen LogP contribution < -0.4 is 4.74 Å². The topological polar surface area (TPSA) is 32.7 Å². The Kier molecular flexibility index (Phi) is 4.16. The molecule has 0 spiro atoms. The summed E-state index contributed by atoms with van der Waals surface area (Å²) in [5.74, 6) is 0.872. The second kappa shape index (κ2) is 5.51. The van der Waals surface area contributed by atoms with Gasteiger partial charge in [-0.3, -0.25) is 0 Å². The van der Waals surface area contributed by atoms with Crippen molar-refractivity contribution in [3.05, 3.63) is 29.8 Å². The van der Waals surface area contributed by atoms with E-state index in [1.165, 1.54) is 0 Å². The number of rotatable bonds is 6. The Morgan fingerprint density at radius 2 is 2.11 bits per heavy atom. The minimum atomic E-state index is -0.518. The number of benzene rings is 1. The molecule has 1 saturated carbocycles. The summed E-state index contributed by atoms with van der Waals surface area (Å²) in [6.45, 7) is 4.19. The van der Waals surface area contributed by atoms with Gasteiger partial charge in [0.15, 0.2) is 0 Å². The van der Waals surface area contributed by atoms with Crippen molar-refractivity contribution < 1.29 is 9.84 Å². The van der Waals surface area contributed by atoms with Gasteiger partial charge >= 0.3 is 0 Å². The van der Waals surface area contributed by atoms with Crippen molar-refractivity contribution in [1.29, 1.82) is 0 Å². The molecule has 0 heterocycles. The molecule has 0 saturated heterocycles. The second-order valence-electron chi connectivity index (χ2n) is 5.90. The zero-order valence-corrected chi connectivity index (χ0v) is 12.4. The number of nitrogens with zero attached hydrogens (tertiary/aromatic N) is 1. The van der Waals surface area contributed by atoms with E-state index in [1.54, 1.807) is 0 Å². The van der Waals surface area contributed by atoms with Crippen LogP contribution in [-0.4, -0.2) is 35.7 Å². The molecule has 106 valence electrons. The first kappa shape index (κ1) is 14.4. The summed E-state index contributed by atoms with van der Waals surface area (Å²) < 4.78 is 5.80. The van der Waals surface area contributed by atoms with Crippen LogP contribution in [0.5, 0.6) is 5.75 Å². The molecule has 1 aliphatic carbocycles. The number of hydrogen-bond donors (Lipinski definition) is 1. The molecule has 19 heavy (non-hydrogen) atoms. The van der Waals surface area contributed by atoms with E-state index in [1.807, 2.05) is 38.4 Å². The third-order valence-corrected chi connectivity index (χ3v) is 4.33. The first-order valence-corrected chi connectivity index (χ1v) is 7.09. The summed E-state index contributed by atoms with van der Waals surface area (Å²) in [7, 11) is 4.02. The standard InChI is InChI=1S/C16H25NO2/c1-5-16(2,17(3)4)15(18)12-7-6-8-14(11-12)19-13-9-10-13/h6-8,11,13,15,18H,5,9-10H2,1-4H3. The van der Waals surface area contributed by atoms with Gasteiger partial charge in [0.25, 0.3) is 0 Å². The Bertz CT molecular complexity index is 429. The highest BCUT2D eigenvalue weighted by molar-refractivity contribution is 5.32.